The normalized spacial score (nSPS) is 9.62. The van der Waals surface area contributed by atoms with E-state index in [1.807, 2.05) is 0 Å². The van der Waals surface area contributed by atoms with Gasteiger partial charge in [0.15, 0.2) is 0 Å². The second kappa shape index (κ2) is 8.68. The van der Waals surface area contributed by atoms with Crippen molar-refractivity contribution in [3.05, 3.63) is 35.1 Å². The summed E-state index contributed by atoms with van der Waals surface area (Å²) in [5, 5.41) is 11.0. The van der Waals surface area contributed by atoms with Gasteiger partial charge in [0.1, 0.15) is 19.0 Å². The van der Waals surface area contributed by atoms with Crippen molar-refractivity contribution in [2.45, 2.75) is 0 Å². The smallest absolute Gasteiger partial charge is 0.251 e. The third-order valence-electron chi connectivity index (χ3n) is 2.31. The first-order valence-electron chi connectivity index (χ1n) is 6.08. The molecule has 0 atom stereocenters. The van der Waals surface area contributed by atoms with E-state index < -0.39 is 17.6 Å². The van der Waals surface area contributed by atoms with Crippen LogP contribution in [-0.2, 0) is 9.53 Å². The number of aliphatic hydroxyl groups excluding tert-OH is 1. The molecule has 112 valence electrons. The van der Waals surface area contributed by atoms with Gasteiger partial charge in [-0.25, -0.2) is 4.39 Å². The van der Waals surface area contributed by atoms with Crippen LogP contribution in [-0.4, -0.2) is 43.3 Å². The van der Waals surface area contributed by atoms with E-state index in [-0.39, 0.29) is 37.5 Å². The topological polar surface area (TPSA) is 102 Å². The molecule has 0 aliphatic heterocycles. The van der Waals surface area contributed by atoms with Crippen molar-refractivity contribution in [1.82, 2.24) is 5.32 Å². The fraction of sp³-hybridized carbons (Fsp3) is 0.286. The molecule has 6 nitrogen and oxygen atoms in total. The molecule has 0 aliphatic carbocycles. The number of ether oxygens (including phenoxy) is 1. The Hall–Kier alpha value is -2.43. The summed E-state index contributed by atoms with van der Waals surface area (Å²) >= 11 is 0. The van der Waals surface area contributed by atoms with Gasteiger partial charge >= 0.3 is 0 Å². The summed E-state index contributed by atoms with van der Waals surface area (Å²) in [5.41, 5.74) is 5.11. The highest BCUT2D eigenvalue weighted by atomic mass is 19.1. The molecule has 7 heteroatoms. The molecule has 0 heterocycles. The molecule has 0 fully saturated rings. The minimum absolute atomic E-state index is 0.102. The van der Waals surface area contributed by atoms with Crippen molar-refractivity contribution < 1.29 is 23.8 Å². The van der Waals surface area contributed by atoms with Crippen LogP contribution >= 0.6 is 0 Å². The number of carbonyl (C=O) groups is 2. The molecular formula is C14H15FN2O4. The summed E-state index contributed by atoms with van der Waals surface area (Å²) in [4.78, 5) is 22.1. The molecule has 0 aromatic heterocycles. The quantitative estimate of drug-likeness (QED) is 0.481. The van der Waals surface area contributed by atoms with E-state index in [4.69, 9.17) is 15.6 Å². The third-order valence-corrected chi connectivity index (χ3v) is 2.31. The first kappa shape index (κ1) is 16.6. The van der Waals surface area contributed by atoms with Gasteiger partial charge in [0, 0.05) is 12.1 Å². The zero-order valence-corrected chi connectivity index (χ0v) is 11.2. The molecule has 1 rings (SSSR count). The van der Waals surface area contributed by atoms with Gasteiger partial charge in [-0.15, -0.1) is 0 Å². The lowest BCUT2D eigenvalue weighted by atomic mass is 10.1. The minimum Gasteiger partial charge on any atom is -0.384 e. The molecule has 0 unspecified atom stereocenters. The third kappa shape index (κ3) is 6.03. The van der Waals surface area contributed by atoms with Gasteiger partial charge < -0.3 is 20.9 Å². The molecule has 1 aromatic carbocycles. The van der Waals surface area contributed by atoms with Gasteiger partial charge in [-0.2, -0.15) is 0 Å². The van der Waals surface area contributed by atoms with Crippen LogP contribution in [0, 0.1) is 17.7 Å². The molecule has 2 amide bonds. The van der Waals surface area contributed by atoms with Gasteiger partial charge in [-0.05, 0) is 18.2 Å². The Balaban J connectivity index is 2.51. The predicted octanol–water partition coefficient (Wildman–Crippen LogP) is -0.599. The van der Waals surface area contributed by atoms with Crippen molar-refractivity contribution in [2.75, 3.05) is 26.4 Å². The molecule has 21 heavy (non-hydrogen) atoms. The van der Waals surface area contributed by atoms with E-state index in [1.54, 1.807) is 0 Å². The number of carbonyl (C=O) groups excluding carboxylic acids is 2. The Labute approximate surface area is 121 Å². The largest absolute Gasteiger partial charge is 0.384 e. The first-order valence-corrected chi connectivity index (χ1v) is 6.08. The van der Waals surface area contributed by atoms with Crippen LogP contribution in [0.4, 0.5) is 4.39 Å². The van der Waals surface area contributed by atoms with E-state index in [0.29, 0.717) is 0 Å². The first-order chi connectivity index (χ1) is 10.0. The highest BCUT2D eigenvalue weighted by Crippen LogP contribution is 2.09. The summed E-state index contributed by atoms with van der Waals surface area (Å²) in [6.45, 7) is -0.299. The van der Waals surface area contributed by atoms with Crippen molar-refractivity contribution in [3.63, 3.8) is 0 Å². The summed E-state index contributed by atoms with van der Waals surface area (Å²) in [7, 11) is 0. The number of halogens is 1. The van der Waals surface area contributed by atoms with Crippen molar-refractivity contribution in [1.29, 1.82) is 0 Å². The van der Waals surface area contributed by atoms with Gasteiger partial charge in [0.2, 0.25) is 5.91 Å². The fourth-order valence-corrected chi connectivity index (χ4v) is 1.40. The molecule has 0 spiro atoms. The van der Waals surface area contributed by atoms with Crippen molar-refractivity contribution >= 4 is 11.8 Å². The van der Waals surface area contributed by atoms with Crippen molar-refractivity contribution in [2.24, 2.45) is 5.73 Å². The van der Waals surface area contributed by atoms with E-state index in [1.165, 1.54) is 12.1 Å². The van der Waals surface area contributed by atoms with Crippen LogP contribution in [0.2, 0.25) is 0 Å². The van der Waals surface area contributed by atoms with Crippen LogP contribution in [0.3, 0.4) is 0 Å². The number of benzene rings is 1. The van der Waals surface area contributed by atoms with E-state index in [0.717, 1.165) is 6.07 Å². The maximum Gasteiger partial charge on any atom is 0.251 e. The molecule has 0 saturated heterocycles. The van der Waals surface area contributed by atoms with E-state index in [2.05, 4.69) is 17.2 Å². The van der Waals surface area contributed by atoms with Crippen LogP contribution in [0.1, 0.15) is 15.9 Å². The summed E-state index contributed by atoms with van der Waals surface area (Å²) < 4.78 is 18.5. The van der Waals surface area contributed by atoms with E-state index >= 15 is 0 Å². The average molecular weight is 294 g/mol. The zero-order chi connectivity index (χ0) is 15.7. The van der Waals surface area contributed by atoms with Crippen molar-refractivity contribution in [3.8, 4) is 11.8 Å². The predicted molar refractivity (Wildman–Crippen MR) is 72.7 cm³/mol. The lowest BCUT2D eigenvalue weighted by Gasteiger charge is -2.06. The zero-order valence-electron chi connectivity index (χ0n) is 11.2. The average Bonchev–Trinajstić information content (AvgIpc) is 2.45. The lowest BCUT2D eigenvalue weighted by Crippen LogP contribution is -2.28. The standard InChI is InChI=1S/C14H15FN2O4/c15-12-8-11(4-3-10(12)2-1-6-18)14(20)17-5-7-21-9-13(16)19/h3-4,8,18H,5-7,9H2,(H2,16,19)(H,17,20). The Bertz CT molecular complexity index is 578. The highest BCUT2D eigenvalue weighted by Gasteiger charge is 2.08. The Morgan fingerprint density at radius 3 is 2.81 bits per heavy atom. The van der Waals surface area contributed by atoms with Gasteiger partial charge in [0.05, 0.1) is 12.2 Å². The molecule has 4 N–H and O–H groups in total. The van der Waals surface area contributed by atoms with Crippen LogP contribution in [0.15, 0.2) is 18.2 Å². The number of nitrogens with two attached hydrogens (primary N) is 1. The molecular weight excluding hydrogens is 279 g/mol. The molecule has 0 saturated carbocycles. The highest BCUT2D eigenvalue weighted by molar-refractivity contribution is 5.94. The number of primary amides is 1. The summed E-state index contributed by atoms with van der Waals surface area (Å²) in [5.74, 6) is 3.04. The van der Waals surface area contributed by atoms with Crippen LogP contribution in [0.25, 0.3) is 0 Å². The lowest BCUT2D eigenvalue weighted by molar-refractivity contribution is -0.122. The van der Waals surface area contributed by atoms with Crippen LogP contribution < -0.4 is 11.1 Å². The SMILES string of the molecule is NC(=O)COCCNC(=O)c1ccc(C#CCO)c(F)c1. The van der Waals surface area contributed by atoms with E-state index in [9.17, 15) is 14.0 Å². The monoisotopic (exact) mass is 294 g/mol. The summed E-state index contributed by atoms with van der Waals surface area (Å²) in [6.07, 6.45) is 0. The maximum absolute atomic E-state index is 13.6. The number of nitrogens with one attached hydrogen (secondary N) is 1. The van der Waals surface area contributed by atoms with Crippen LogP contribution in [0.5, 0.6) is 0 Å². The van der Waals surface area contributed by atoms with Gasteiger partial charge in [-0.1, -0.05) is 11.8 Å². The van der Waals surface area contributed by atoms with Gasteiger partial charge in [0.25, 0.3) is 5.91 Å². The second-order valence-corrected chi connectivity index (χ2v) is 3.93. The molecule has 0 aliphatic rings. The number of hydrogen-bond donors (Lipinski definition) is 3. The van der Waals surface area contributed by atoms with Gasteiger partial charge in [-0.3, -0.25) is 9.59 Å². The molecule has 0 bridgehead atoms. The minimum atomic E-state index is -0.645. The molecule has 1 aromatic rings. The fourth-order valence-electron chi connectivity index (χ4n) is 1.40. The number of hydrogen-bond acceptors (Lipinski definition) is 4. The maximum atomic E-state index is 13.6. The number of aliphatic hydroxyl groups is 1. The Morgan fingerprint density at radius 1 is 1.43 bits per heavy atom. The Morgan fingerprint density at radius 2 is 2.19 bits per heavy atom. The number of amides is 2. The summed E-state index contributed by atoms with van der Waals surface area (Å²) in [6, 6.07) is 3.83. The number of rotatable bonds is 6. The Kier molecular flexibility index (Phi) is 6.87. The second-order valence-electron chi connectivity index (χ2n) is 3.93. The molecule has 0 radical (unpaired) electrons.